The van der Waals surface area contributed by atoms with E-state index in [0.717, 1.165) is 0 Å². The van der Waals surface area contributed by atoms with E-state index in [9.17, 15) is 19.5 Å². The number of quaternary nitrogens is 1. The third-order valence-electron chi connectivity index (χ3n) is 3.02. The predicted molar refractivity (Wildman–Crippen MR) is 106 cm³/mol. The minimum atomic E-state index is -0.935. The number of ether oxygens (including phenoxy) is 2. The van der Waals surface area contributed by atoms with Crippen LogP contribution in [0.3, 0.4) is 0 Å². The number of halogens is 1. The van der Waals surface area contributed by atoms with E-state index >= 15 is 0 Å². The number of likely N-dealkylation sites (N-methyl/N-ethyl adjacent to an activating group) is 1. The Bertz CT molecular complexity index is 607. The van der Waals surface area contributed by atoms with Crippen molar-refractivity contribution in [2.45, 2.75) is 32.6 Å². The van der Waals surface area contributed by atoms with Gasteiger partial charge in [0.2, 0.25) is 0 Å². The maximum absolute atomic E-state index is 11.9. The molecule has 2 unspecified atom stereocenters. The molecule has 2 N–H and O–H groups in total. The second-order valence-electron chi connectivity index (χ2n) is 6.87. The topological polar surface area (TPSA) is 110 Å². The van der Waals surface area contributed by atoms with Crippen LogP contribution in [0.2, 0.25) is 0 Å². The summed E-state index contributed by atoms with van der Waals surface area (Å²) in [5.41, 5.74) is 0.363. The molecule has 0 radical (unpaired) electrons. The van der Waals surface area contributed by atoms with Crippen molar-refractivity contribution in [2.75, 3.05) is 27.7 Å². The number of aliphatic hydroxyl groups is 1. The highest BCUT2D eigenvalue weighted by Gasteiger charge is 2.32. The summed E-state index contributed by atoms with van der Waals surface area (Å²) < 4.78 is 10.3. The average molecular weight is 434 g/mol. The van der Waals surface area contributed by atoms with Gasteiger partial charge in [0.15, 0.2) is 0 Å². The number of rotatable bonds is 10. The molecule has 0 saturated heterocycles. The van der Waals surface area contributed by atoms with Crippen molar-refractivity contribution >= 4 is 17.9 Å². The molecule has 0 saturated carbocycles. The lowest BCUT2D eigenvalue weighted by Gasteiger charge is -2.34. The van der Waals surface area contributed by atoms with E-state index in [1.165, 1.54) is 25.2 Å². The third-order valence-corrected chi connectivity index (χ3v) is 3.02. The first-order valence-electron chi connectivity index (χ1n) is 8.44. The standard InChI is InChI=1S/C16H26NO5.C4H6O2.ClH/c1-7-11-21-14(19)10-8-9-12(2)16(20)22-15(13(3)18)17(4,5)6;1-3(2)4(5)6;/h7-8,10,13,15,18H,1-2,9,11H2,3-6H3;1H2,2H3,(H,5,6);1H/q+1;;/p-1. The first kappa shape index (κ1) is 31.3. The Kier molecular flexibility index (Phi) is 16.7. The minimum absolute atomic E-state index is 0. The predicted octanol–water partition coefficient (Wildman–Crippen LogP) is -1.17. The van der Waals surface area contributed by atoms with Crippen LogP contribution in [-0.4, -0.2) is 72.7 Å². The molecular formula is C20H32ClNO7. The van der Waals surface area contributed by atoms with Gasteiger partial charge in [0, 0.05) is 17.2 Å². The highest BCUT2D eigenvalue weighted by Crippen LogP contribution is 2.13. The van der Waals surface area contributed by atoms with E-state index < -0.39 is 30.2 Å². The molecule has 0 aliphatic rings. The molecule has 0 aliphatic carbocycles. The van der Waals surface area contributed by atoms with Gasteiger partial charge in [-0.15, -0.1) is 0 Å². The molecule has 2 atom stereocenters. The van der Waals surface area contributed by atoms with Gasteiger partial charge >= 0.3 is 17.9 Å². The number of aliphatic hydroxyl groups excluding tert-OH is 1. The van der Waals surface area contributed by atoms with E-state index in [1.807, 2.05) is 21.1 Å². The van der Waals surface area contributed by atoms with Crippen LogP contribution in [0.4, 0.5) is 0 Å². The van der Waals surface area contributed by atoms with Crippen LogP contribution in [0.1, 0.15) is 20.3 Å². The summed E-state index contributed by atoms with van der Waals surface area (Å²) in [4.78, 5) is 32.8. The summed E-state index contributed by atoms with van der Waals surface area (Å²) in [6, 6.07) is 0. The molecule has 166 valence electrons. The molecule has 0 amide bonds. The van der Waals surface area contributed by atoms with E-state index in [2.05, 4.69) is 19.7 Å². The lowest BCUT2D eigenvalue weighted by molar-refractivity contribution is -0.920. The first-order valence-corrected chi connectivity index (χ1v) is 8.44. The van der Waals surface area contributed by atoms with Crippen molar-refractivity contribution in [2.24, 2.45) is 0 Å². The fourth-order valence-corrected chi connectivity index (χ4v) is 1.67. The first-order chi connectivity index (χ1) is 12.7. The highest BCUT2D eigenvalue weighted by atomic mass is 35.5. The van der Waals surface area contributed by atoms with Crippen LogP contribution in [0.15, 0.2) is 49.1 Å². The number of allylic oxidation sites excluding steroid dienone is 1. The van der Waals surface area contributed by atoms with Gasteiger partial charge in [0.1, 0.15) is 12.7 Å². The molecule has 0 fully saturated rings. The summed E-state index contributed by atoms with van der Waals surface area (Å²) in [5.74, 6) is -2.06. The number of carbonyl (C=O) groups is 3. The maximum atomic E-state index is 11.9. The molecule has 0 heterocycles. The molecular weight excluding hydrogens is 402 g/mol. The van der Waals surface area contributed by atoms with E-state index in [4.69, 9.17) is 14.6 Å². The van der Waals surface area contributed by atoms with Crippen LogP contribution in [0, 0.1) is 0 Å². The zero-order valence-corrected chi connectivity index (χ0v) is 18.4. The largest absolute Gasteiger partial charge is 1.00 e. The smallest absolute Gasteiger partial charge is 0.338 e. The molecule has 0 aliphatic heterocycles. The number of carbonyl (C=O) groups excluding carboxylic acids is 2. The van der Waals surface area contributed by atoms with Crippen LogP contribution in [0.5, 0.6) is 0 Å². The number of hydrogen-bond donors (Lipinski definition) is 2. The van der Waals surface area contributed by atoms with Crippen molar-refractivity contribution in [3.8, 4) is 0 Å². The lowest BCUT2D eigenvalue weighted by atomic mass is 10.2. The summed E-state index contributed by atoms with van der Waals surface area (Å²) in [5, 5.41) is 17.6. The summed E-state index contributed by atoms with van der Waals surface area (Å²) in [6.45, 7) is 13.3. The molecule has 8 nitrogen and oxygen atoms in total. The number of carboxylic acid groups (broad SMARTS) is 1. The maximum Gasteiger partial charge on any atom is 0.338 e. The average Bonchev–Trinajstić information content (AvgIpc) is 2.56. The van der Waals surface area contributed by atoms with Crippen LogP contribution >= 0.6 is 0 Å². The molecule has 0 aromatic carbocycles. The molecule has 0 rings (SSSR count). The van der Waals surface area contributed by atoms with Crippen molar-refractivity contribution in [3.63, 3.8) is 0 Å². The molecule has 0 spiro atoms. The molecule has 9 heteroatoms. The fourth-order valence-electron chi connectivity index (χ4n) is 1.67. The van der Waals surface area contributed by atoms with Gasteiger partial charge < -0.3 is 32.1 Å². The molecule has 0 bridgehead atoms. The quantitative estimate of drug-likeness (QED) is 0.147. The van der Waals surface area contributed by atoms with Gasteiger partial charge in [-0.25, -0.2) is 14.4 Å². The van der Waals surface area contributed by atoms with Crippen molar-refractivity contribution in [1.29, 1.82) is 0 Å². The number of aliphatic carboxylic acids is 1. The van der Waals surface area contributed by atoms with Crippen LogP contribution in [0.25, 0.3) is 0 Å². The van der Waals surface area contributed by atoms with Crippen LogP contribution in [-0.2, 0) is 23.9 Å². The normalized spacial score (nSPS) is 12.3. The monoisotopic (exact) mass is 433 g/mol. The third kappa shape index (κ3) is 16.3. The van der Waals surface area contributed by atoms with Gasteiger partial charge in [0.25, 0.3) is 6.23 Å². The Morgan fingerprint density at radius 1 is 1.17 bits per heavy atom. The lowest BCUT2D eigenvalue weighted by Crippen LogP contribution is -3.00. The molecule has 0 aromatic rings. The summed E-state index contributed by atoms with van der Waals surface area (Å²) >= 11 is 0. The zero-order valence-electron chi connectivity index (χ0n) is 17.7. The Balaban J connectivity index is -0.000000837. The Morgan fingerprint density at radius 2 is 1.66 bits per heavy atom. The number of esters is 2. The highest BCUT2D eigenvalue weighted by molar-refractivity contribution is 5.88. The van der Waals surface area contributed by atoms with Gasteiger partial charge in [0.05, 0.1) is 21.1 Å². The van der Waals surface area contributed by atoms with Gasteiger partial charge in [-0.3, -0.25) is 4.48 Å². The minimum Gasteiger partial charge on any atom is -1.00 e. The fraction of sp³-hybridized carbons (Fsp3) is 0.450. The number of carboxylic acids is 1. The molecule has 0 aromatic heterocycles. The van der Waals surface area contributed by atoms with Gasteiger partial charge in [-0.05, 0) is 20.3 Å². The van der Waals surface area contributed by atoms with Crippen molar-refractivity contribution in [3.05, 3.63) is 49.1 Å². The zero-order chi connectivity index (χ0) is 22.5. The summed E-state index contributed by atoms with van der Waals surface area (Å²) in [6.07, 6.45) is 2.79. The van der Waals surface area contributed by atoms with Crippen molar-refractivity contribution in [1.82, 2.24) is 0 Å². The number of hydrogen-bond acceptors (Lipinski definition) is 6. The second kappa shape index (κ2) is 15.5. The summed E-state index contributed by atoms with van der Waals surface area (Å²) in [7, 11) is 5.43. The van der Waals surface area contributed by atoms with Crippen LogP contribution < -0.4 is 12.4 Å². The van der Waals surface area contributed by atoms with Gasteiger partial charge in [-0.1, -0.05) is 31.9 Å². The molecule has 29 heavy (non-hydrogen) atoms. The van der Waals surface area contributed by atoms with E-state index in [-0.39, 0.29) is 41.1 Å². The second-order valence-corrected chi connectivity index (χ2v) is 6.87. The Morgan fingerprint density at radius 3 is 2.00 bits per heavy atom. The van der Waals surface area contributed by atoms with Crippen molar-refractivity contribution < 1.29 is 51.0 Å². The van der Waals surface area contributed by atoms with Gasteiger partial charge in [-0.2, -0.15) is 0 Å². The van der Waals surface area contributed by atoms with E-state index in [1.54, 1.807) is 6.92 Å². The number of nitrogens with zero attached hydrogens (tertiary/aromatic N) is 1. The van der Waals surface area contributed by atoms with E-state index in [0.29, 0.717) is 0 Å². The SMILES string of the molecule is C=C(C)C(=O)O.C=CCOC(=O)C=CCC(=C)C(=O)OC(C(C)O)[N+](C)(C)C.[Cl-]. The Labute approximate surface area is 178 Å². The Hall–Kier alpha value is -2.42.